The largest absolute Gasteiger partial charge is 1.00 e. The van der Waals surface area contributed by atoms with Crippen LogP contribution in [0, 0.1) is 5.38 Å². The van der Waals surface area contributed by atoms with Gasteiger partial charge in [-0.1, -0.05) is 6.92 Å². The Morgan fingerprint density at radius 3 is 2.67 bits per heavy atom. The average molecular weight is 130 g/mol. The molecule has 0 unspecified atom stereocenters. The van der Waals surface area contributed by atoms with Gasteiger partial charge in [-0.25, -0.2) is 0 Å². The maximum Gasteiger partial charge on any atom is 1.00 e. The molecule has 0 radical (unpaired) electrons. The Hall–Kier alpha value is 0.0374. The summed E-state index contributed by atoms with van der Waals surface area (Å²) in [6, 6.07) is 1.95. The van der Waals surface area contributed by atoms with Gasteiger partial charge in [0, 0.05) is 0 Å². The molecule has 1 aromatic heterocycles. The van der Waals surface area contributed by atoms with E-state index < -0.39 is 0 Å². The molecule has 0 amide bonds. The Bertz CT molecular complexity index is 177. The van der Waals surface area contributed by atoms with E-state index in [1.54, 1.807) is 11.3 Å². The Morgan fingerprint density at radius 1 is 1.78 bits per heavy atom. The van der Waals surface area contributed by atoms with E-state index in [9.17, 15) is 0 Å². The summed E-state index contributed by atoms with van der Waals surface area (Å²) in [7, 11) is 0. The van der Waals surface area contributed by atoms with Crippen molar-refractivity contribution < 1.29 is 18.9 Å². The molecule has 0 aliphatic rings. The fourth-order valence-corrected chi connectivity index (χ4v) is 1.11. The molecule has 0 atom stereocenters. The van der Waals surface area contributed by atoms with Crippen molar-refractivity contribution in [3.8, 4) is 0 Å². The molecule has 1 heterocycles. The summed E-state index contributed by atoms with van der Waals surface area (Å²) in [6.45, 7) is 5.78. The molecule has 1 aromatic rings. The van der Waals surface area contributed by atoms with Crippen LogP contribution in [-0.4, -0.2) is 0 Å². The Balaban J connectivity index is 0.000000640. The van der Waals surface area contributed by atoms with Crippen LogP contribution in [0.5, 0.6) is 0 Å². The molecule has 0 saturated carbocycles. The molecule has 42 valence electrons. The fraction of sp³-hybridized carbons (Fsp3) is 0.143. The van der Waals surface area contributed by atoms with Crippen LogP contribution >= 0.6 is 11.3 Å². The van der Waals surface area contributed by atoms with E-state index in [0.717, 1.165) is 5.57 Å². The first-order valence-corrected chi connectivity index (χ1v) is 3.29. The fourth-order valence-electron chi connectivity index (χ4n) is 0.453. The van der Waals surface area contributed by atoms with Crippen molar-refractivity contribution in [2.75, 3.05) is 0 Å². The molecule has 2 heteroatoms. The molecule has 0 fully saturated rings. The van der Waals surface area contributed by atoms with Crippen molar-refractivity contribution in [1.82, 2.24) is 0 Å². The normalized spacial score (nSPS) is 8.11. The standard InChI is InChI=1S/C7H7S.Li/c1-6(2)7-3-4-8-5-7;/h3,5H,1H2,2H3;/q-1;+1. The quantitative estimate of drug-likeness (QED) is 0.358. The van der Waals surface area contributed by atoms with Crippen LogP contribution in [0.15, 0.2) is 18.0 Å². The first kappa shape index (κ1) is 9.04. The zero-order valence-corrected chi connectivity index (χ0v) is 6.59. The van der Waals surface area contributed by atoms with E-state index in [-0.39, 0.29) is 18.9 Å². The van der Waals surface area contributed by atoms with Gasteiger partial charge in [0.25, 0.3) is 0 Å². The third kappa shape index (κ3) is 2.40. The summed E-state index contributed by atoms with van der Waals surface area (Å²) < 4.78 is 0. The molecule has 0 saturated heterocycles. The van der Waals surface area contributed by atoms with E-state index in [2.05, 4.69) is 12.0 Å². The maximum atomic E-state index is 3.78. The second kappa shape index (κ2) is 3.95. The van der Waals surface area contributed by atoms with Crippen LogP contribution in [0.4, 0.5) is 0 Å². The van der Waals surface area contributed by atoms with Crippen LogP contribution in [0.1, 0.15) is 12.5 Å². The minimum atomic E-state index is 0. The molecule has 9 heavy (non-hydrogen) atoms. The first-order valence-electron chi connectivity index (χ1n) is 2.41. The molecule has 0 aliphatic carbocycles. The van der Waals surface area contributed by atoms with Gasteiger partial charge < -0.3 is 11.3 Å². The number of hydrogen-bond acceptors (Lipinski definition) is 1. The Morgan fingerprint density at radius 2 is 2.44 bits per heavy atom. The van der Waals surface area contributed by atoms with Crippen molar-refractivity contribution in [1.29, 1.82) is 0 Å². The number of thiophene rings is 1. The average Bonchev–Trinajstić information content (AvgIpc) is 2.12. The third-order valence-corrected chi connectivity index (χ3v) is 1.59. The smallest absolute Gasteiger partial charge is 0.303 e. The van der Waals surface area contributed by atoms with Crippen LogP contribution in [0.3, 0.4) is 0 Å². The van der Waals surface area contributed by atoms with Gasteiger partial charge in [0.15, 0.2) is 0 Å². The molecule has 0 aromatic carbocycles. The number of allylic oxidation sites excluding steroid dienone is 1. The second-order valence-electron chi connectivity index (χ2n) is 1.73. The zero-order chi connectivity index (χ0) is 5.98. The summed E-state index contributed by atoms with van der Waals surface area (Å²) in [4.78, 5) is 0. The molecule has 1 rings (SSSR count). The molecular formula is C7H7LiS. The van der Waals surface area contributed by atoms with Gasteiger partial charge in [-0.3, -0.25) is 0 Å². The number of rotatable bonds is 1. The van der Waals surface area contributed by atoms with E-state index >= 15 is 0 Å². The minimum Gasteiger partial charge on any atom is -0.303 e. The first-order chi connectivity index (χ1) is 3.80. The summed E-state index contributed by atoms with van der Waals surface area (Å²) in [5, 5.41) is 5.04. The Kier molecular flexibility index (Phi) is 3.97. The maximum absolute atomic E-state index is 3.78. The van der Waals surface area contributed by atoms with E-state index in [4.69, 9.17) is 0 Å². The third-order valence-electron chi connectivity index (χ3n) is 0.961. The summed E-state index contributed by atoms with van der Waals surface area (Å²) in [5.74, 6) is 0. The predicted molar refractivity (Wildman–Crippen MR) is 37.9 cm³/mol. The van der Waals surface area contributed by atoms with Gasteiger partial charge in [-0.15, -0.1) is 17.5 Å². The number of hydrogen-bond donors (Lipinski definition) is 0. The van der Waals surface area contributed by atoms with Crippen molar-refractivity contribution in [2.45, 2.75) is 6.92 Å². The summed E-state index contributed by atoms with van der Waals surface area (Å²) >= 11 is 1.58. The van der Waals surface area contributed by atoms with Gasteiger partial charge in [-0.2, -0.15) is 17.0 Å². The Labute approximate surface area is 71.8 Å². The minimum absolute atomic E-state index is 0. The van der Waals surface area contributed by atoms with Crippen molar-refractivity contribution in [3.05, 3.63) is 29.0 Å². The summed E-state index contributed by atoms with van der Waals surface area (Å²) in [6.07, 6.45) is 0. The van der Waals surface area contributed by atoms with Crippen LogP contribution in [0.25, 0.3) is 5.57 Å². The SMILES string of the molecule is C=C(C)c1c[c-]sc1.[Li+]. The predicted octanol–water partition coefficient (Wildman–Crippen LogP) is -0.415. The second-order valence-corrected chi connectivity index (χ2v) is 2.44. The monoisotopic (exact) mass is 130 g/mol. The van der Waals surface area contributed by atoms with Crippen LogP contribution in [-0.2, 0) is 0 Å². The molecule has 0 N–H and O–H groups in total. The molecule has 0 nitrogen and oxygen atoms in total. The van der Waals surface area contributed by atoms with Crippen molar-refractivity contribution >= 4 is 16.9 Å². The van der Waals surface area contributed by atoms with Gasteiger partial charge in [0.2, 0.25) is 0 Å². The summed E-state index contributed by atoms with van der Waals surface area (Å²) in [5.41, 5.74) is 2.32. The zero-order valence-electron chi connectivity index (χ0n) is 5.77. The van der Waals surface area contributed by atoms with Crippen LogP contribution in [0.2, 0.25) is 0 Å². The van der Waals surface area contributed by atoms with Crippen LogP contribution < -0.4 is 18.9 Å². The van der Waals surface area contributed by atoms with Gasteiger partial charge in [-0.05, 0) is 0 Å². The van der Waals surface area contributed by atoms with Crippen molar-refractivity contribution in [3.63, 3.8) is 0 Å². The van der Waals surface area contributed by atoms with E-state index in [0.29, 0.717) is 0 Å². The topological polar surface area (TPSA) is 0 Å². The molecule has 0 bridgehead atoms. The van der Waals surface area contributed by atoms with Gasteiger partial charge in [0.05, 0.1) is 0 Å². The molecular weight excluding hydrogens is 123 g/mol. The van der Waals surface area contributed by atoms with Gasteiger partial charge >= 0.3 is 18.9 Å². The van der Waals surface area contributed by atoms with E-state index in [1.807, 2.05) is 18.4 Å². The van der Waals surface area contributed by atoms with Gasteiger partial charge in [0.1, 0.15) is 0 Å². The molecule has 0 spiro atoms. The van der Waals surface area contributed by atoms with Crippen molar-refractivity contribution in [2.24, 2.45) is 0 Å². The van der Waals surface area contributed by atoms with E-state index in [1.165, 1.54) is 5.56 Å². The molecule has 0 aliphatic heterocycles.